The molecule has 1 heterocycles. The normalized spacial score (nSPS) is 15.7. The highest BCUT2D eigenvalue weighted by atomic mass is 16.5. The summed E-state index contributed by atoms with van der Waals surface area (Å²) in [6.45, 7) is 3.06. The largest absolute Gasteiger partial charge is 0.491 e. The van der Waals surface area contributed by atoms with Gasteiger partial charge in [0.25, 0.3) is 11.8 Å². The first kappa shape index (κ1) is 19.7. The molecule has 0 radical (unpaired) electrons. The van der Waals surface area contributed by atoms with Gasteiger partial charge in [-0.1, -0.05) is 17.7 Å². The minimum Gasteiger partial charge on any atom is -0.491 e. The first-order valence-electron chi connectivity index (χ1n) is 9.23. The number of carbonyl (C=O) groups excluding carboxylic acids is 2. The van der Waals surface area contributed by atoms with Gasteiger partial charge in [0.15, 0.2) is 6.61 Å². The third-order valence-corrected chi connectivity index (χ3v) is 4.28. The third kappa shape index (κ3) is 5.99. The van der Waals surface area contributed by atoms with Crippen LogP contribution in [-0.4, -0.2) is 37.7 Å². The molecular formula is C21H24N2O5. The molecule has 1 unspecified atom stereocenters. The third-order valence-electron chi connectivity index (χ3n) is 4.28. The summed E-state index contributed by atoms with van der Waals surface area (Å²) in [6.07, 6.45) is 2.21. The number of rotatable bonds is 7. The van der Waals surface area contributed by atoms with E-state index in [1.54, 1.807) is 36.4 Å². The number of ether oxygens (including phenoxy) is 3. The van der Waals surface area contributed by atoms with Gasteiger partial charge in [-0.25, -0.2) is 0 Å². The van der Waals surface area contributed by atoms with Crippen molar-refractivity contribution in [2.45, 2.75) is 25.9 Å². The Hall–Kier alpha value is -3.06. The van der Waals surface area contributed by atoms with Crippen LogP contribution in [0.5, 0.6) is 11.5 Å². The molecule has 7 nitrogen and oxygen atoms in total. The fraction of sp³-hybridized carbons (Fsp3) is 0.333. The molecule has 7 heteroatoms. The summed E-state index contributed by atoms with van der Waals surface area (Å²) in [5, 5.41) is 0. The van der Waals surface area contributed by atoms with E-state index >= 15 is 0 Å². The first-order chi connectivity index (χ1) is 13.6. The van der Waals surface area contributed by atoms with Gasteiger partial charge in [0, 0.05) is 12.2 Å². The van der Waals surface area contributed by atoms with Crippen molar-refractivity contribution in [3.63, 3.8) is 0 Å². The molecule has 2 aromatic rings. The van der Waals surface area contributed by atoms with Crippen molar-refractivity contribution >= 4 is 11.8 Å². The molecular weight excluding hydrogens is 360 g/mol. The SMILES string of the molecule is Cc1ccc(OCC(=O)NNC(=O)c2ccc(OCC3CCCO3)cc2)cc1. The Morgan fingerprint density at radius 1 is 1.00 bits per heavy atom. The molecule has 2 amide bonds. The van der Waals surface area contributed by atoms with E-state index in [0.29, 0.717) is 23.7 Å². The molecule has 0 saturated carbocycles. The van der Waals surface area contributed by atoms with Crippen LogP contribution in [0.1, 0.15) is 28.8 Å². The van der Waals surface area contributed by atoms with Crippen LogP contribution >= 0.6 is 0 Å². The molecule has 1 aliphatic heterocycles. The summed E-state index contributed by atoms with van der Waals surface area (Å²) in [4.78, 5) is 23.9. The van der Waals surface area contributed by atoms with Crippen LogP contribution in [0, 0.1) is 6.92 Å². The van der Waals surface area contributed by atoms with Gasteiger partial charge >= 0.3 is 0 Å². The van der Waals surface area contributed by atoms with E-state index in [9.17, 15) is 9.59 Å². The highest BCUT2D eigenvalue weighted by molar-refractivity contribution is 5.95. The van der Waals surface area contributed by atoms with Gasteiger partial charge in [-0.15, -0.1) is 0 Å². The van der Waals surface area contributed by atoms with Gasteiger partial charge in [-0.05, 0) is 56.2 Å². The van der Waals surface area contributed by atoms with Gasteiger partial charge in [0.2, 0.25) is 0 Å². The van der Waals surface area contributed by atoms with Gasteiger partial charge in [-0.2, -0.15) is 0 Å². The highest BCUT2D eigenvalue weighted by Crippen LogP contribution is 2.16. The lowest BCUT2D eigenvalue weighted by Crippen LogP contribution is -2.43. The Labute approximate surface area is 164 Å². The number of hydrazine groups is 1. The first-order valence-corrected chi connectivity index (χ1v) is 9.23. The van der Waals surface area contributed by atoms with E-state index in [1.165, 1.54) is 0 Å². The van der Waals surface area contributed by atoms with Crippen molar-refractivity contribution in [3.05, 3.63) is 59.7 Å². The second-order valence-corrected chi connectivity index (χ2v) is 6.57. The molecule has 28 heavy (non-hydrogen) atoms. The smallest absolute Gasteiger partial charge is 0.276 e. The fourth-order valence-electron chi connectivity index (χ4n) is 2.69. The molecule has 3 rings (SSSR count). The molecule has 1 fully saturated rings. The molecule has 1 saturated heterocycles. The monoisotopic (exact) mass is 384 g/mol. The molecule has 0 aromatic heterocycles. The predicted molar refractivity (Wildman–Crippen MR) is 103 cm³/mol. The summed E-state index contributed by atoms with van der Waals surface area (Å²) < 4.78 is 16.5. The van der Waals surface area contributed by atoms with Crippen LogP contribution in [0.2, 0.25) is 0 Å². The molecule has 2 aromatic carbocycles. The van der Waals surface area contributed by atoms with Crippen molar-refractivity contribution in [3.8, 4) is 11.5 Å². The zero-order chi connectivity index (χ0) is 19.8. The molecule has 1 aliphatic rings. The van der Waals surface area contributed by atoms with E-state index < -0.39 is 11.8 Å². The number of carbonyl (C=O) groups is 2. The van der Waals surface area contributed by atoms with Crippen LogP contribution in [0.3, 0.4) is 0 Å². The number of hydrogen-bond donors (Lipinski definition) is 2. The minimum atomic E-state index is -0.453. The van der Waals surface area contributed by atoms with Crippen LogP contribution in [0.25, 0.3) is 0 Å². The lowest BCUT2D eigenvalue weighted by atomic mass is 10.2. The van der Waals surface area contributed by atoms with E-state index in [0.717, 1.165) is 25.0 Å². The van der Waals surface area contributed by atoms with Crippen LogP contribution < -0.4 is 20.3 Å². The van der Waals surface area contributed by atoms with E-state index in [4.69, 9.17) is 14.2 Å². The zero-order valence-corrected chi connectivity index (χ0v) is 15.8. The van der Waals surface area contributed by atoms with E-state index in [1.807, 2.05) is 19.1 Å². The number of hydrogen-bond acceptors (Lipinski definition) is 5. The highest BCUT2D eigenvalue weighted by Gasteiger charge is 2.16. The van der Waals surface area contributed by atoms with Crippen molar-refractivity contribution in [2.75, 3.05) is 19.8 Å². The van der Waals surface area contributed by atoms with Gasteiger partial charge in [0.05, 0.1) is 6.10 Å². The van der Waals surface area contributed by atoms with Crippen LogP contribution in [0.4, 0.5) is 0 Å². The van der Waals surface area contributed by atoms with Crippen LogP contribution in [0.15, 0.2) is 48.5 Å². The summed E-state index contributed by atoms with van der Waals surface area (Å²) in [6, 6.07) is 14.0. The molecule has 0 bridgehead atoms. The Morgan fingerprint density at radius 3 is 2.36 bits per heavy atom. The Bertz CT molecular complexity index is 783. The fourth-order valence-corrected chi connectivity index (χ4v) is 2.69. The van der Waals surface area contributed by atoms with E-state index in [-0.39, 0.29) is 12.7 Å². The number of amides is 2. The molecule has 0 aliphatic carbocycles. The van der Waals surface area contributed by atoms with Crippen molar-refractivity contribution in [2.24, 2.45) is 0 Å². The number of aryl methyl sites for hydroxylation is 1. The average Bonchev–Trinajstić information content (AvgIpc) is 3.24. The molecule has 148 valence electrons. The number of benzene rings is 2. The molecule has 2 N–H and O–H groups in total. The molecule has 1 atom stereocenters. The Morgan fingerprint density at radius 2 is 1.68 bits per heavy atom. The Balaban J connectivity index is 1.38. The molecule has 0 spiro atoms. The van der Waals surface area contributed by atoms with Crippen molar-refractivity contribution < 1.29 is 23.8 Å². The van der Waals surface area contributed by atoms with Gasteiger partial charge in [-0.3, -0.25) is 20.4 Å². The zero-order valence-electron chi connectivity index (χ0n) is 15.8. The minimum absolute atomic E-state index is 0.139. The van der Waals surface area contributed by atoms with Crippen molar-refractivity contribution in [1.29, 1.82) is 0 Å². The lowest BCUT2D eigenvalue weighted by Gasteiger charge is -2.12. The Kier molecular flexibility index (Phi) is 6.86. The standard InChI is InChI=1S/C21H24N2O5/c1-15-4-8-17(9-5-15)28-14-20(24)22-23-21(25)16-6-10-18(11-7-16)27-13-19-3-2-12-26-19/h4-11,19H,2-3,12-14H2,1H3,(H,22,24)(H,23,25). The van der Waals surface area contributed by atoms with Gasteiger partial charge in [0.1, 0.15) is 18.1 Å². The second-order valence-electron chi connectivity index (χ2n) is 6.57. The maximum atomic E-state index is 12.1. The number of nitrogens with one attached hydrogen (secondary N) is 2. The second kappa shape index (κ2) is 9.75. The summed E-state index contributed by atoms with van der Waals surface area (Å²) in [5.41, 5.74) is 6.20. The summed E-state index contributed by atoms with van der Waals surface area (Å²) in [7, 11) is 0. The van der Waals surface area contributed by atoms with Crippen molar-refractivity contribution in [1.82, 2.24) is 10.9 Å². The van der Waals surface area contributed by atoms with E-state index in [2.05, 4.69) is 10.9 Å². The summed E-state index contributed by atoms with van der Waals surface area (Å²) >= 11 is 0. The quantitative estimate of drug-likeness (QED) is 0.716. The maximum absolute atomic E-state index is 12.1. The predicted octanol–water partition coefficient (Wildman–Crippen LogP) is 2.39. The topological polar surface area (TPSA) is 85.9 Å². The lowest BCUT2D eigenvalue weighted by molar-refractivity contribution is -0.123. The van der Waals surface area contributed by atoms with Gasteiger partial charge < -0.3 is 14.2 Å². The van der Waals surface area contributed by atoms with Crippen LogP contribution in [-0.2, 0) is 9.53 Å². The maximum Gasteiger partial charge on any atom is 0.276 e. The summed E-state index contributed by atoms with van der Waals surface area (Å²) in [5.74, 6) is 0.382. The average molecular weight is 384 g/mol.